The Morgan fingerprint density at radius 1 is 1.35 bits per heavy atom. The normalized spacial score (nSPS) is 23.1. The van der Waals surface area contributed by atoms with Crippen LogP contribution in [0.5, 0.6) is 0 Å². The van der Waals surface area contributed by atoms with Crippen molar-refractivity contribution in [2.45, 2.75) is 58.6 Å². The van der Waals surface area contributed by atoms with Crippen LogP contribution in [0.1, 0.15) is 39.7 Å². The van der Waals surface area contributed by atoms with E-state index in [9.17, 15) is 9.59 Å². The van der Waals surface area contributed by atoms with Gasteiger partial charge < -0.3 is 14.3 Å². The second-order valence-electron chi connectivity index (χ2n) is 6.77. The molecule has 5 heteroatoms. The lowest BCUT2D eigenvalue weighted by Gasteiger charge is -2.33. The molecular formula is C18H25NO4. The second-order valence-corrected chi connectivity index (χ2v) is 6.77. The van der Waals surface area contributed by atoms with Crippen LogP contribution in [0.25, 0.3) is 0 Å². The average molecular weight is 319 g/mol. The molecule has 126 valence electrons. The molecule has 0 bridgehead atoms. The summed E-state index contributed by atoms with van der Waals surface area (Å²) in [6.45, 7) is 7.88. The highest BCUT2D eigenvalue weighted by atomic mass is 16.6. The third kappa shape index (κ3) is 4.10. The fourth-order valence-corrected chi connectivity index (χ4v) is 3.00. The number of benzene rings is 1. The van der Waals surface area contributed by atoms with Gasteiger partial charge in [0.25, 0.3) is 0 Å². The number of hydrogen-bond donors (Lipinski definition) is 0. The van der Waals surface area contributed by atoms with Gasteiger partial charge in [-0.15, -0.1) is 0 Å². The molecule has 1 aromatic rings. The standard InChI is InChI=1S/C18H25NO4/c1-13(2)10-15-16(11-20)23-18(3,4)19(15)17(21)22-12-14-8-6-5-7-9-14/h5-9,11,13,15-16H,10,12H2,1-4H3. The van der Waals surface area contributed by atoms with Crippen molar-refractivity contribution in [2.24, 2.45) is 5.92 Å². The third-order valence-corrected chi connectivity index (χ3v) is 3.96. The molecule has 23 heavy (non-hydrogen) atoms. The van der Waals surface area contributed by atoms with Gasteiger partial charge in [0.05, 0.1) is 6.04 Å². The lowest BCUT2D eigenvalue weighted by Crippen LogP contribution is -2.49. The first-order valence-electron chi connectivity index (χ1n) is 7.98. The maximum absolute atomic E-state index is 12.6. The van der Waals surface area contributed by atoms with Crippen LogP contribution in [-0.4, -0.2) is 35.2 Å². The number of aldehydes is 1. The number of amides is 1. The van der Waals surface area contributed by atoms with Gasteiger partial charge in [-0.05, 0) is 31.7 Å². The van der Waals surface area contributed by atoms with Crippen LogP contribution in [0.4, 0.5) is 4.79 Å². The Bertz CT molecular complexity index is 541. The molecule has 0 spiro atoms. The fourth-order valence-electron chi connectivity index (χ4n) is 3.00. The van der Waals surface area contributed by atoms with E-state index in [1.54, 1.807) is 18.7 Å². The number of hydrogen-bond acceptors (Lipinski definition) is 4. The molecule has 2 unspecified atom stereocenters. The highest BCUT2D eigenvalue weighted by Gasteiger charge is 2.50. The Morgan fingerprint density at radius 2 is 2.00 bits per heavy atom. The summed E-state index contributed by atoms with van der Waals surface area (Å²) in [4.78, 5) is 25.5. The van der Waals surface area contributed by atoms with Crippen molar-refractivity contribution in [1.29, 1.82) is 0 Å². The van der Waals surface area contributed by atoms with Crippen LogP contribution < -0.4 is 0 Å². The molecule has 1 fully saturated rings. The van der Waals surface area contributed by atoms with Crippen LogP contribution in [0.15, 0.2) is 30.3 Å². The van der Waals surface area contributed by atoms with Gasteiger partial charge in [0, 0.05) is 0 Å². The minimum absolute atomic E-state index is 0.201. The molecule has 1 heterocycles. The maximum atomic E-state index is 12.6. The Balaban J connectivity index is 2.12. The summed E-state index contributed by atoms with van der Waals surface area (Å²) in [5, 5.41) is 0. The van der Waals surface area contributed by atoms with Crippen molar-refractivity contribution in [1.82, 2.24) is 4.90 Å². The number of carbonyl (C=O) groups excluding carboxylic acids is 2. The largest absolute Gasteiger partial charge is 0.444 e. The minimum atomic E-state index is -0.862. The number of carbonyl (C=O) groups is 2. The van der Waals surface area contributed by atoms with Crippen LogP contribution >= 0.6 is 0 Å². The summed E-state index contributed by atoms with van der Waals surface area (Å²) < 4.78 is 11.2. The van der Waals surface area contributed by atoms with Crippen molar-refractivity contribution in [2.75, 3.05) is 0 Å². The van der Waals surface area contributed by atoms with Gasteiger partial charge in [0.1, 0.15) is 18.4 Å². The predicted octanol–water partition coefficient (Wildman–Crippen LogP) is 3.37. The van der Waals surface area contributed by atoms with Gasteiger partial charge >= 0.3 is 6.09 Å². The van der Waals surface area contributed by atoms with Crippen molar-refractivity contribution < 1.29 is 19.1 Å². The highest BCUT2D eigenvalue weighted by molar-refractivity contribution is 5.71. The molecule has 0 saturated carbocycles. The summed E-state index contributed by atoms with van der Waals surface area (Å²) in [5.41, 5.74) is 0.0601. The van der Waals surface area contributed by atoms with Gasteiger partial charge in [0.2, 0.25) is 0 Å². The van der Waals surface area contributed by atoms with Gasteiger partial charge in [-0.3, -0.25) is 4.90 Å². The summed E-state index contributed by atoms with van der Waals surface area (Å²) in [7, 11) is 0. The van der Waals surface area contributed by atoms with Crippen molar-refractivity contribution >= 4 is 12.4 Å². The van der Waals surface area contributed by atoms with Crippen LogP contribution in [0, 0.1) is 5.92 Å². The molecule has 1 aliphatic heterocycles. The third-order valence-electron chi connectivity index (χ3n) is 3.96. The van der Waals surface area contributed by atoms with Gasteiger partial charge in [0.15, 0.2) is 6.29 Å². The lowest BCUT2D eigenvalue weighted by atomic mass is 9.99. The first-order valence-corrected chi connectivity index (χ1v) is 7.98. The Labute approximate surface area is 137 Å². The van der Waals surface area contributed by atoms with E-state index in [0.717, 1.165) is 11.8 Å². The van der Waals surface area contributed by atoms with Crippen LogP contribution in [-0.2, 0) is 20.9 Å². The van der Waals surface area contributed by atoms with E-state index < -0.39 is 17.9 Å². The number of ether oxygens (including phenoxy) is 2. The number of rotatable bonds is 5. The molecule has 1 saturated heterocycles. The van der Waals surface area contributed by atoms with Crippen molar-refractivity contribution in [3.8, 4) is 0 Å². The Hall–Kier alpha value is -1.88. The van der Waals surface area contributed by atoms with Gasteiger partial charge in [-0.25, -0.2) is 4.79 Å². The SMILES string of the molecule is CC(C)CC1C(C=O)OC(C)(C)N1C(=O)OCc1ccccc1. The molecule has 5 nitrogen and oxygen atoms in total. The zero-order chi connectivity index (χ0) is 17.0. The van der Waals surface area contributed by atoms with Crippen molar-refractivity contribution in [3.63, 3.8) is 0 Å². The maximum Gasteiger partial charge on any atom is 0.412 e. The van der Waals surface area contributed by atoms with E-state index in [2.05, 4.69) is 13.8 Å². The van der Waals surface area contributed by atoms with E-state index >= 15 is 0 Å². The highest BCUT2D eigenvalue weighted by Crippen LogP contribution is 2.35. The summed E-state index contributed by atoms with van der Waals surface area (Å²) in [5.74, 6) is 0.337. The molecule has 2 rings (SSSR count). The zero-order valence-electron chi connectivity index (χ0n) is 14.2. The quantitative estimate of drug-likeness (QED) is 0.781. The smallest absolute Gasteiger partial charge is 0.412 e. The molecule has 1 aromatic carbocycles. The van der Waals surface area contributed by atoms with E-state index in [4.69, 9.17) is 9.47 Å². The van der Waals surface area contributed by atoms with E-state index in [0.29, 0.717) is 12.3 Å². The summed E-state index contributed by atoms with van der Waals surface area (Å²) in [6.07, 6.45) is 0.401. The van der Waals surface area contributed by atoms with Gasteiger partial charge in [-0.1, -0.05) is 44.2 Å². The van der Waals surface area contributed by atoms with E-state index in [1.807, 2.05) is 30.3 Å². The molecular weight excluding hydrogens is 294 g/mol. The zero-order valence-corrected chi connectivity index (χ0v) is 14.2. The van der Waals surface area contributed by atoms with Crippen LogP contribution in [0.2, 0.25) is 0 Å². The van der Waals surface area contributed by atoms with E-state index in [-0.39, 0.29) is 12.6 Å². The molecule has 0 aliphatic carbocycles. The second kappa shape index (κ2) is 7.13. The van der Waals surface area contributed by atoms with Crippen LogP contribution in [0.3, 0.4) is 0 Å². The van der Waals surface area contributed by atoms with Crippen molar-refractivity contribution in [3.05, 3.63) is 35.9 Å². The molecule has 0 aromatic heterocycles. The molecule has 0 radical (unpaired) electrons. The lowest BCUT2D eigenvalue weighted by molar-refractivity contribution is -0.123. The molecule has 1 aliphatic rings. The predicted molar refractivity (Wildman–Crippen MR) is 86.7 cm³/mol. The molecule has 0 N–H and O–H groups in total. The fraction of sp³-hybridized carbons (Fsp3) is 0.556. The topological polar surface area (TPSA) is 55.8 Å². The first-order chi connectivity index (χ1) is 10.8. The summed E-state index contributed by atoms with van der Waals surface area (Å²) >= 11 is 0. The first kappa shape index (κ1) is 17.5. The average Bonchev–Trinajstić information content (AvgIpc) is 2.75. The molecule has 1 amide bonds. The minimum Gasteiger partial charge on any atom is -0.444 e. The monoisotopic (exact) mass is 319 g/mol. The van der Waals surface area contributed by atoms with E-state index in [1.165, 1.54) is 0 Å². The molecule has 2 atom stereocenters. The Kier molecular flexibility index (Phi) is 5.42. The Morgan fingerprint density at radius 3 is 2.57 bits per heavy atom. The van der Waals surface area contributed by atoms with Gasteiger partial charge in [-0.2, -0.15) is 0 Å². The summed E-state index contributed by atoms with van der Waals surface area (Å²) in [6, 6.07) is 9.21. The number of nitrogens with zero attached hydrogens (tertiary/aromatic N) is 1.